The molecule has 0 radical (unpaired) electrons. The number of aryl methyl sites for hydroxylation is 3. The Bertz CT molecular complexity index is 611. The zero-order valence-corrected chi connectivity index (χ0v) is 11.8. The second kappa shape index (κ2) is 5.31. The summed E-state index contributed by atoms with van der Waals surface area (Å²) in [6, 6.07) is 7.90. The van der Waals surface area contributed by atoms with Crippen LogP contribution in [0.2, 0.25) is 0 Å². The summed E-state index contributed by atoms with van der Waals surface area (Å²) in [6.07, 6.45) is 0.951. The molecule has 0 aliphatic carbocycles. The van der Waals surface area contributed by atoms with Gasteiger partial charge in [0.25, 0.3) is 5.91 Å². The van der Waals surface area contributed by atoms with E-state index in [1.807, 2.05) is 45.0 Å². The van der Waals surface area contributed by atoms with Gasteiger partial charge in [-0.2, -0.15) is 0 Å². The molecule has 0 saturated carbocycles. The molecule has 100 valence electrons. The summed E-state index contributed by atoms with van der Waals surface area (Å²) >= 11 is 0. The van der Waals surface area contributed by atoms with Crippen molar-refractivity contribution in [3.8, 4) is 0 Å². The summed E-state index contributed by atoms with van der Waals surface area (Å²) in [6.45, 7) is 7.69. The summed E-state index contributed by atoms with van der Waals surface area (Å²) in [5, 5.41) is 2.93. The lowest BCUT2D eigenvalue weighted by atomic mass is 10.1. The molecule has 0 bridgehead atoms. The van der Waals surface area contributed by atoms with Crippen molar-refractivity contribution in [3.63, 3.8) is 0 Å². The first-order valence-electron chi connectivity index (χ1n) is 6.49. The molecule has 19 heavy (non-hydrogen) atoms. The fourth-order valence-electron chi connectivity index (χ4n) is 2.19. The fraction of sp³-hybridized carbons (Fsp3) is 0.312. The first kappa shape index (κ1) is 13.4. The number of amides is 1. The molecular formula is C16H19NO2. The van der Waals surface area contributed by atoms with Crippen LogP contribution in [-0.2, 0) is 6.42 Å². The average Bonchev–Trinajstić information content (AvgIpc) is 2.63. The summed E-state index contributed by atoms with van der Waals surface area (Å²) in [5.74, 6) is 1.35. The molecule has 0 atom stereocenters. The van der Waals surface area contributed by atoms with Crippen molar-refractivity contribution in [2.75, 3.05) is 5.32 Å². The maximum Gasteiger partial charge on any atom is 0.259 e. The third kappa shape index (κ3) is 2.70. The third-order valence-corrected chi connectivity index (χ3v) is 3.38. The van der Waals surface area contributed by atoms with Gasteiger partial charge in [-0.25, -0.2) is 0 Å². The van der Waals surface area contributed by atoms with Crippen LogP contribution in [0, 0.1) is 20.8 Å². The Morgan fingerprint density at radius 2 is 1.95 bits per heavy atom. The minimum atomic E-state index is -0.111. The van der Waals surface area contributed by atoms with Crippen LogP contribution in [0.4, 0.5) is 5.69 Å². The molecule has 0 aliphatic rings. The van der Waals surface area contributed by atoms with E-state index in [2.05, 4.69) is 12.2 Å². The van der Waals surface area contributed by atoms with Crippen LogP contribution < -0.4 is 5.32 Å². The van der Waals surface area contributed by atoms with Gasteiger partial charge in [-0.15, -0.1) is 0 Å². The van der Waals surface area contributed by atoms with Crippen molar-refractivity contribution < 1.29 is 9.21 Å². The highest BCUT2D eigenvalue weighted by molar-refractivity contribution is 6.06. The van der Waals surface area contributed by atoms with E-state index in [9.17, 15) is 4.79 Å². The molecule has 1 aromatic heterocycles. The Morgan fingerprint density at radius 3 is 2.53 bits per heavy atom. The van der Waals surface area contributed by atoms with Crippen molar-refractivity contribution in [1.29, 1.82) is 0 Å². The minimum Gasteiger partial charge on any atom is -0.466 e. The van der Waals surface area contributed by atoms with Crippen molar-refractivity contribution in [2.24, 2.45) is 0 Å². The number of hydrogen-bond donors (Lipinski definition) is 1. The fourth-order valence-corrected chi connectivity index (χ4v) is 2.19. The van der Waals surface area contributed by atoms with Gasteiger partial charge in [-0.3, -0.25) is 4.79 Å². The molecule has 1 heterocycles. The molecule has 0 aliphatic heterocycles. The summed E-state index contributed by atoms with van der Waals surface area (Å²) in [5.41, 5.74) is 3.57. The van der Waals surface area contributed by atoms with E-state index in [4.69, 9.17) is 4.42 Å². The first-order valence-corrected chi connectivity index (χ1v) is 6.49. The zero-order chi connectivity index (χ0) is 14.0. The number of carbonyl (C=O) groups is 1. The van der Waals surface area contributed by atoms with Crippen LogP contribution in [0.5, 0.6) is 0 Å². The number of hydrogen-bond acceptors (Lipinski definition) is 2. The van der Waals surface area contributed by atoms with E-state index in [1.54, 1.807) is 0 Å². The Balaban J connectivity index is 2.25. The molecule has 3 nitrogen and oxygen atoms in total. The largest absolute Gasteiger partial charge is 0.466 e. The van der Waals surface area contributed by atoms with Gasteiger partial charge in [0, 0.05) is 11.3 Å². The summed E-state index contributed by atoms with van der Waals surface area (Å²) < 4.78 is 5.49. The van der Waals surface area contributed by atoms with Gasteiger partial charge in [0.05, 0.1) is 5.56 Å². The SMILES string of the molecule is CCc1cccc(NC(=O)c2c(C)oc(C)c2C)c1. The Hall–Kier alpha value is -2.03. The van der Waals surface area contributed by atoms with Crippen LogP contribution in [0.25, 0.3) is 0 Å². The smallest absolute Gasteiger partial charge is 0.259 e. The van der Waals surface area contributed by atoms with Crippen LogP contribution >= 0.6 is 0 Å². The number of nitrogens with one attached hydrogen (secondary N) is 1. The molecule has 2 rings (SSSR count). The standard InChI is InChI=1S/C16H19NO2/c1-5-13-7-6-8-14(9-13)17-16(18)15-10(2)11(3)19-12(15)4/h6-9H,5H2,1-4H3,(H,17,18). The second-order valence-corrected chi connectivity index (χ2v) is 4.72. The molecule has 0 saturated heterocycles. The first-order chi connectivity index (χ1) is 9.02. The minimum absolute atomic E-state index is 0.111. The van der Waals surface area contributed by atoms with E-state index >= 15 is 0 Å². The van der Waals surface area contributed by atoms with Gasteiger partial charge < -0.3 is 9.73 Å². The molecule has 2 aromatic rings. The van der Waals surface area contributed by atoms with Crippen molar-refractivity contribution in [3.05, 3.63) is 52.5 Å². The van der Waals surface area contributed by atoms with Crippen molar-refractivity contribution in [2.45, 2.75) is 34.1 Å². The molecule has 1 amide bonds. The predicted molar refractivity (Wildman–Crippen MR) is 76.7 cm³/mol. The average molecular weight is 257 g/mol. The third-order valence-electron chi connectivity index (χ3n) is 3.38. The lowest BCUT2D eigenvalue weighted by Gasteiger charge is -2.06. The normalized spacial score (nSPS) is 10.5. The van der Waals surface area contributed by atoms with Crippen LogP contribution in [0.3, 0.4) is 0 Å². The molecule has 0 unspecified atom stereocenters. The zero-order valence-electron chi connectivity index (χ0n) is 11.8. The van der Waals surface area contributed by atoms with Crippen LogP contribution in [0.1, 0.15) is 39.9 Å². The van der Waals surface area contributed by atoms with Crippen molar-refractivity contribution >= 4 is 11.6 Å². The monoisotopic (exact) mass is 257 g/mol. The number of furan rings is 1. The highest BCUT2D eigenvalue weighted by Crippen LogP contribution is 2.22. The molecule has 0 fully saturated rings. The molecule has 3 heteroatoms. The van der Waals surface area contributed by atoms with Gasteiger partial charge in [0.2, 0.25) is 0 Å². The second-order valence-electron chi connectivity index (χ2n) is 4.72. The maximum atomic E-state index is 12.3. The van der Waals surface area contributed by atoms with Gasteiger partial charge in [-0.05, 0) is 44.9 Å². The van der Waals surface area contributed by atoms with E-state index in [1.165, 1.54) is 5.56 Å². The van der Waals surface area contributed by atoms with E-state index in [-0.39, 0.29) is 5.91 Å². The predicted octanol–water partition coefficient (Wildman–Crippen LogP) is 4.02. The Morgan fingerprint density at radius 1 is 1.21 bits per heavy atom. The van der Waals surface area contributed by atoms with E-state index < -0.39 is 0 Å². The van der Waals surface area contributed by atoms with Crippen molar-refractivity contribution in [1.82, 2.24) is 0 Å². The molecule has 1 N–H and O–H groups in total. The highest BCUT2D eigenvalue weighted by atomic mass is 16.3. The number of anilines is 1. The van der Waals surface area contributed by atoms with Crippen LogP contribution in [0.15, 0.2) is 28.7 Å². The van der Waals surface area contributed by atoms with Gasteiger partial charge in [0.15, 0.2) is 0 Å². The summed E-state index contributed by atoms with van der Waals surface area (Å²) in [4.78, 5) is 12.3. The Labute approximate surface area is 113 Å². The van der Waals surface area contributed by atoms with Gasteiger partial charge in [0.1, 0.15) is 11.5 Å². The van der Waals surface area contributed by atoms with Gasteiger partial charge in [-0.1, -0.05) is 19.1 Å². The molecular weight excluding hydrogens is 238 g/mol. The van der Waals surface area contributed by atoms with Gasteiger partial charge >= 0.3 is 0 Å². The topological polar surface area (TPSA) is 42.2 Å². The lowest BCUT2D eigenvalue weighted by molar-refractivity contribution is 0.102. The molecule has 0 spiro atoms. The van der Waals surface area contributed by atoms with Crippen LogP contribution in [-0.4, -0.2) is 5.91 Å². The highest BCUT2D eigenvalue weighted by Gasteiger charge is 2.18. The van der Waals surface area contributed by atoms with E-state index in [0.29, 0.717) is 11.3 Å². The number of carbonyl (C=O) groups excluding carboxylic acids is 1. The molecule has 1 aromatic carbocycles. The van der Waals surface area contributed by atoms with E-state index in [0.717, 1.165) is 23.4 Å². The lowest BCUT2D eigenvalue weighted by Crippen LogP contribution is -2.13. The Kier molecular flexibility index (Phi) is 3.74. The summed E-state index contributed by atoms with van der Waals surface area (Å²) in [7, 11) is 0. The number of rotatable bonds is 3. The maximum absolute atomic E-state index is 12.3. The quantitative estimate of drug-likeness (QED) is 0.902. The number of benzene rings is 1.